The van der Waals surface area contributed by atoms with Gasteiger partial charge in [0, 0.05) is 12.1 Å². The van der Waals surface area contributed by atoms with E-state index in [0.717, 1.165) is 36.4 Å². The molecule has 3 aliphatic rings. The van der Waals surface area contributed by atoms with Gasteiger partial charge in [-0.2, -0.15) is 0 Å². The van der Waals surface area contributed by atoms with Crippen molar-refractivity contribution in [1.82, 2.24) is 10.2 Å². The van der Waals surface area contributed by atoms with Gasteiger partial charge in [-0.15, -0.1) is 0 Å². The molecule has 2 bridgehead atoms. The SMILES string of the molecule is CN1CCC(C2C(CN)CC3CCC2N3)CC1. The number of nitrogens with two attached hydrogens (primary N) is 1. The van der Waals surface area contributed by atoms with Gasteiger partial charge in [0.1, 0.15) is 0 Å². The van der Waals surface area contributed by atoms with Gasteiger partial charge < -0.3 is 16.0 Å². The molecular weight excluding hydrogens is 210 g/mol. The van der Waals surface area contributed by atoms with Crippen molar-refractivity contribution < 1.29 is 0 Å². The third-order valence-corrected chi connectivity index (χ3v) is 5.48. The maximum Gasteiger partial charge on any atom is 0.0104 e. The number of nitrogens with zero attached hydrogens (tertiary/aromatic N) is 1. The highest BCUT2D eigenvalue weighted by Gasteiger charge is 2.44. The highest BCUT2D eigenvalue weighted by atomic mass is 15.1. The van der Waals surface area contributed by atoms with Gasteiger partial charge in [0.2, 0.25) is 0 Å². The summed E-state index contributed by atoms with van der Waals surface area (Å²) in [7, 11) is 2.25. The van der Waals surface area contributed by atoms with Crippen LogP contribution in [0.1, 0.15) is 32.1 Å². The highest BCUT2D eigenvalue weighted by molar-refractivity contribution is 5.00. The van der Waals surface area contributed by atoms with E-state index >= 15 is 0 Å². The summed E-state index contributed by atoms with van der Waals surface area (Å²) in [5.41, 5.74) is 6.04. The number of hydrogen-bond acceptors (Lipinski definition) is 3. The normalized spacial score (nSPS) is 44.1. The Morgan fingerprint density at radius 2 is 1.94 bits per heavy atom. The van der Waals surface area contributed by atoms with Crippen molar-refractivity contribution in [3.8, 4) is 0 Å². The van der Waals surface area contributed by atoms with Gasteiger partial charge in [0.25, 0.3) is 0 Å². The Hall–Kier alpha value is -0.120. The second-order valence-electron chi connectivity index (χ2n) is 6.50. The van der Waals surface area contributed by atoms with Crippen LogP contribution in [-0.4, -0.2) is 43.7 Å². The first-order valence-electron chi connectivity index (χ1n) is 7.42. The first kappa shape index (κ1) is 11.9. The Bertz CT molecular complexity index is 260. The van der Waals surface area contributed by atoms with Gasteiger partial charge >= 0.3 is 0 Å². The zero-order valence-electron chi connectivity index (χ0n) is 11.1. The fourth-order valence-corrected chi connectivity index (χ4v) is 4.57. The predicted molar refractivity (Wildman–Crippen MR) is 70.8 cm³/mol. The van der Waals surface area contributed by atoms with Crippen molar-refractivity contribution in [2.75, 3.05) is 26.7 Å². The molecule has 3 N–H and O–H groups in total. The standard InChI is InChI=1S/C14H27N3/c1-17-6-4-10(5-7-17)14-11(9-15)8-12-2-3-13(14)16-12/h10-14,16H,2-9,15H2,1H3. The second kappa shape index (κ2) is 4.87. The lowest BCUT2D eigenvalue weighted by Gasteiger charge is -2.44. The molecule has 0 aromatic rings. The molecule has 3 aliphatic heterocycles. The largest absolute Gasteiger partial charge is 0.330 e. The van der Waals surface area contributed by atoms with Gasteiger partial charge in [-0.3, -0.25) is 0 Å². The van der Waals surface area contributed by atoms with Crippen molar-refractivity contribution in [3.05, 3.63) is 0 Å². The monoisotopic (exact) mass is 237 g/mol. The summed E-state index contributed by atoms with van der Waals surface area (Å²) in [5, 5.41) is 3.84. The van der Waals surface area contributed by atoms with Crippen LogP contribution in [0.25, 0.3) is 0 Å². The fourth-order valence-electron chi connectivity index (χ4n) is 4.57. The Balaban J connectivity index is 1.70. The van der Waals surface area contributed by atoms with Crippen LogP contribution in [0.3, 0.4) is 0 Å². The molecule has 0 radical (unpaired) electrons. The molecule has 3 nitrogen and oxygen atoms in total. The van der Waals surface area contributed by atoms with Crippen LogP contribution in [0.5, 0.6) is 0 Å². The molecule has 0 spiro atoms. The van der Waals surface area contributed by atoms with Crippen LogP contribution >= 0.6 is 0 Å². The van der Waals surface area contributed by atoms with E-state index in [1.54, 1.807) is 0 Å². The molecule has 0 saturated carbocycles. The molecule has 0 aliphatic carbocycles. The Morgan fingerprint density at radius 3 is 2.65 bits per heavy atom. The third kappa shape index (κ3) is 2.25. The van der Waals surface area contributed by atoms with Crippen LogP contribution in [0.2, 0.25) is 0 Å². The maximum atomic E-state index is 6.04. The Kier molecular flexibility index (Phi) is 3.42. The molecule has 3 heterocycles. The molecule has 4 unspecified atom stereocenters. The van der Waals surface area contributed by atoms with Crippen LogP contribution in [0, 0.1) is 17.8 Å². The van der Waals surface area contributed by atoms with Crippen molar-refractivity contribution in [2.45, 2.75) is 44.2 Å². The average molecular weight is 237 g/mol. The molecular formula is C14H27N3. The molecule has 3 fully saturated rings. The van der Waals surface area contributed by atoms with E-state index in [-0.39, 0.29) is 0 Å². The maximum absolute atomic E-state index is 6.04. The summed E-state index contributed by atoms with van der Waals surface area (Å²) < 4.78 is 0. The third-order valence-electron chi connectivity index (χ3n) is 5.48. The minimum absolute atomic E-state index is 0.788. The second-order valence-corrected chi connectivity index (χ2v) is 6.50. The Morgan fingerprint density at radius 1 is 1.18 bits per heavy atom. The van der Waals surface area contributed by atoms with E-state index in [1.807, 2.05) is 0 Å². The topological polar surface area (TPSA) is 41.3 Å². The zero-order chi connectivity index (χ0) is 11.8. The molecule has 3 heteroatoms. The van der Waals surface area contributed by atoms with Crippen molar-refractivity contribution in [3.63, 3.8) is 0 Å². The number of rotatable bonds is 2. The lowest BCUT2D eigenvalue weighted by molar-refractivity contribution is 0.0830. The van der Waals surface area contributed by atoms with E-state index in [2.05, 4.69) is 17.3 Å². The lowest BCUT2D eigenvalue weighted by Crippen LogP contribution is -2.51. The average Bonchev–Trinajstić information content (AvgIpc) is 2.73. The van der Waals surface area contributed by atoms with Crippen molar-refractivity contribution in [1.29, 1.82) is 0 Å². The summed E-state index contributed by atoms with van der Waals surface area (Å²) in [6.07, 6.45) is 6.91. The van der Waals surface area contributed by atoms with Crippen molar-refractivity contribution in [2.24, 2.45) is 23.5 Å². The van der Waals surface area contributed by atoms with Crippen LogP contribution < -0.4 is 11.1 Å². The summed E-state index contributed by atoms with van der Waals surface area (Å²) in [5.74, 6) is 2.59. The van der Waals surface area contributed by atoms with Gasteiger partial charge in [0.15, 0.2) is 0 Å². The van der Waals surface area contributed by atoms with E-state index in [0.29, 0.717) is 0 Å². The van der Waals surface area contributed by atoms with Gasteiger partial charge in [0.05, 0.1) is 0 Å². The number of piperidine rings is 2. The predicted octanol–water partition coefficient (Wildman–Crippen LogP) is 1.04. The summed E-state index contributed by atoms with van der Waals surface area (Å²) in [4.78, 5) is 2.47. The van der Waals surface area contributed by atoms with E-state index in [1.165, 1.54) is 45.2 Å². The summed E-state index contributed by atoms with van der Waals surface area (Å²) in [6.45, 7) is 3.48. The van der Waals surface area contributed by atoms with Gasteiger partial charge in [-0.25, -0.2) is 0 Å². The van der Waals surface area contributed by atoms with E-state index in [9.17, 15) is 0 Å². The lowest BCUT2D eigenvalue weighted by atomic mass is 9.70. The molecule has 0 aromatic carbocycles. The molecule has 17 heavy (non-hydrogen) atoms. The minimum atomic E-state index is 0.788. The quantitative estimate of drug-likeness (QED) is 0.754. The first-order valence-corrected chi connectivity index (χ1v) is 7.42. The van der Waals surface area contributed by atoms with Gasteiger partial charge in [-0.1, -0.05) is 0 Å². The van der Waals surface area contributed by atoms with Crippen LogP contribution in [0.15, 0.2) is 0 Å². The summed E-state index contributed by atoms with van der Waals surface area (Å²) >= 11 is 0. The van der Waals surface area contributed by atoms with E-state index in [4.69, 9.17) is 5.73 Å². The van der Waals surface area contributed by atoms with Crippen LogP contribution in [0.4, 0.5) is 0 Å². The minimum Gasteiger partial charge on any atom is -0.330 e. The molecule has 3 rings (SSSR count). The van der Waals surface area contributed by atoms with Crippen LogP contribution in [-0.2, 0) is 0 Å². The molecule has 0 amide bonds. The molecule has 98 valence electrons. The smallest absolute Gasteiger partial charge is 0.0104 e. The molecule has 4 atom stereocenters. The number of likely N-dealkylation sites (tertiary alicyclic amines) is 1. The molecule has 3 saturated heterocycles. The fraction of sp³-hybridized carbons (Fsp3) is 1.00. The van der Waals surface area contributed by atoms with Gasteiger partial charge in [-0.05, 0) is 76.5 Å². The summed E-state index contributed by atoms with van der Waals surface area (Å²) in [6, 6.07) is 1.58. The number of fused-ring (bicyclic) bond motifs is 2. The first-order chi connectivity index (χ1) is 8.28. The molecule has 0 aromatic heterocycles. The zero-order valence-corrected chi connectivity index (χ0v) is 11.1. The number of hydrogen-bond donors (Lipinski definition) is 2. The van der Waals surface area contributed by atoms with Crippen molar-refractivity contribution >= 4 is 0 Å². The number of nitrogens with one attached hydrogen (secondary N) is 1. The van der Waals surface area contributed by atoms with E-state index < -0.39 is 0 Å². The highest BCUT2D eigenvalue weighted by Crippen LogP contribution is 2.42. The Labute approximate surface area is 105 Å².